The Morgan fingerprint density at radius 3 is 2.52 bits per heavy atom. The Bertz CT molecular complexity index is 886. The van der Waals surface area contributed by atoms with E-state index in [2.05, 4.69) is 28.2 Å². The van der Waals surface area contributed by atoms with Crippen molar-refractivity contribution >= 4 is 43.2 Å². The van der Waals surface area contributed by atoms with E-state index >= 15 is 0 Å². The fraction of sp³-hybridized carbons (Fsp3) is 0.421. The molecule has 0 aliphatic carbocycles. The molecule has 2 heterocycles. The van der Waals surface area contributed by atoms with Crippen LogP contribution in [0.3, 0.4) is 0 Å². The zero-order chi connectivity index (χ0) is 19.4. The van der Waals surface area contributed by atoms with Crippen molar-refractivity contribution in [3.63, 3.8) is 0 Å². The summed E-state index contributed by atoms with van der Waals surface area (Å²) in [6, 6.07) is 11.0. The molecule has 2 aromatic rings. The monoisotopic (exact) mass is 470 g/mol. The lowest BCUT2D eigenvalue weighted by Crippen LogP contribution is -2.37. The predicted molar refractivity (Wildman–Crippen MR) is 111 cm³/mol. The van der Waals surface area contributed by atoms with E-state index in [0.29, 0.717) is 36.2 Å². The van der Waals surface area contributed by atoms with E-state index in [-0.39, 0.29) is 5.91 Å². The lowest BCUT2D eigenvalue weighted by atomic mass is 10.0. The first-order chi connectivity index (χ1) is 12.8. The molecule has 0 spiro atoms. The standard InChI is InChI=1S/C19H23BrN2O3S2/c1-14-8-10-22(11-9-14)27(24,25)19-7-6-17(26-19)13-21-18(23)12-15-2-4-16(20)5-3-15/h2-7,14H,8-13H2,1H3,(H,21,23). The van der Waals surface area contributed by atoms with Gasteiger partial charge in [0, 0.05) is 22.4 Å². The van der Waals surface area contributed by atoms with Gasteiger partial charge in [0.05, 0.1) is 13.0 Å². The number of thiophene rings is 1. The van der Waals surface area contributed by atoms with E-state index in [1.54, 1.807) is 16.4 Å². The van der Waals surface area contributed by atoms with Crippen molar-refractivity contribution in [3.05, 3.63) is 51.3 Å². The third kappa shape index (κ3) is 5.40. The second-order valence-electron chi connectivity index (χ2n) is 6.89. The van der Waals surface area contributed by atoms with Crippen LogP contribution in [0, 0.1) is 5.92 Å². The smallest absolute Gasteiger partial charge is 0.252 e. The number of benzene rings is 1. The first-order valence-corrected chi connectivity index (χ1v) is 12.0. The molecule has 3 rings (SSSR count). The summed E-state index contributed by atoms with van der Waals surface area (Å²) < 4.78 is 28.4. The number of hydrogen-bond donors (Lipinski definition) is 1. The Balaban J connectivity index is 1.56. The summed E-state index contributed by atoms with van der Waals surface area (Å²) in [4.78, 5) is 12.9. The largest absolute Gasteiger partial charge is 0.351 e. The number of carbonyl (C=O) groups excluding carboxylic acids is 1. The maximum atomic E-state index is 12.8. The number of carbonyl (C=O) groups is 1. The zero-order valence-electron chi connectivity index (χ0n) is 15.2. The molecule has 0 atom stereocenters. The Morgan fingerprint density at radius 2 is 1.85 bits per heavy atom. The number of halogens is 1. The molecule has 5 nitrogen and oxygen atoms in total. The maximum absolute atomic E-state index is 12.8. The van der Waals surface area contributed by atoms with Crippen LogP contribution in [0.1, 0.15) is 30.2 Å². The third-order valence-corrected chi connectivity index (χ3v) is 8.69. The first-order valence-electron chi connectivity index (χ1n) is 8.94. The lowest BCUT2D eigenvalue weighted by molar-refractivity contribution is -0.120. The van der Waals surface area contributed by atoms with Crippen molar-refractivity contribution < 1.29 is 13.2 Å². The molecule has 1 saturated heterocycles. The Labute approximate surface area is 173 Å². The molecule has 146 valence electrons. The summed E-state index contributed by atoms with van der Waals surface area (Å²) >= 11 is 4.61. The highest BCUT2D eigenvalue weighted by Crippen LogP contribution is 2.28. The fourth-order valence-electron chi connectivity index (χ4n) is 2.98. The molecular weight excluding hydrogens is 448 g/mol. The molecule has 0 saturated carbocycles. The predicted octanol–water partition coefficient (Wildman–Crippen LogP) is 3.79. The minimum Gasteiger partial charge on any atom is -0.351 e. The van der Waals surface area contributed by atoms with Gasteiger partial charge in [-0.05, 0) is 48.6 Å². The van der Waals surface area contributed by atoms with Crippen molar-refractivity contribution in [3.8, 4) is 0 Å². The first kappa shape index (κ1) is 20.5. The molecule has 27 heavy (non-hydrogen) atoms. The van der Waals surface area contributed by atoms with Crippen LogP contribution in [0.2, 0.25) is 0 Å². The highest BCUT2D eigenvalue weighted by molar-refractivity contribution is 9.10. The van der Waals surface area contributed by atoms with E-state index in [1.165, 1.54) is 11.3 Å². The van der Waals surface area contributed by atoms with Gasteiger partial charge in [0.2, 0.25) is 5.91 Å². The molecule has 1 aromatic heterocycles. The topological polar surface area (TPSA) is 66.5 Å². The highest BCUT2D eigenvalue weighted by atomic mass is 79.9. The van der Waals surface area contributed by atoms with Crippen LogP contribution in [0.15, 0.2) is 45.1 Å². The van der Waals surface area contributed by atoms with E-state index < -0.39 is 10.0 Å². The average molecular weight is 471 g/mol. The minimum absolute atomic E-state index is 0.0832. The van der Waals surface area contributed by atoms with Crippen LogP contribution < -0.4 is 5.32 Å². The number of hydrogen-bond acceptors (Lipinski definition) is 4. The van der Waals surface area contributed by atoms with Crippen molar-refractivity contribution in [1.82, 2.24) is 9.62 Å². The molecule has 0 bridgehead atoms. The number of sulfonamides is 1. The molecule has 0 unspecified atom stereocenters. The highest BCUT2D eigenvalue weighted by Gasteiger charge is 2.29. The average Bonchev–Trinajstić information content (AvgIpc) is 3.12. The second kappa shape index (κ2) is 8.86. The van der Waals surface area contributed by atoms with Gasteiger partial charge in [0.25, 0.3) is 10.0 Å². The Morgan fingerprint density at radius 1 is 1.19 bits per heavy atom. The molecular formula is C19H23BrN2O3S2. The molecule has 1 amide bonds. The van der Waals surface area contributed by atoms with E-state index in [1.807, 2.05) is 24.3 Å². The summed E-state index contributed by atoms with van der Waals surface area (Å²) in [5.41, 5.74) is 0.935. The van der Waals surface area contributed by atoms with Crippen LogP contribution in [-0.4, -0.2) is 31.7 Å². The number of rotatable bonds is 6. The fourth-order valence-corrected chi connectivity index (χ4v) is 6.16. The number of piperidine rings is 1. The number of nitrogens with one attached hydrogen (secondary N) is 1. The minimum atomic E-state index is -3.42. The van der Waals surface area contributed by atoms with Gasteiger partial charge in [-0.2, -0.15) is 4.31 Å². The summed E-state index contributed by atoms with van der Waals surface area (Å²) in [6.07, 6.45) is 2.11. The van der Waals surface area contributed by atoms with E-state index in [0.717, 1.165) is 27.8 Å². The quantitative estimate of drug-likeness (QED) is 0.697. The van der Waals surface area contributed by atoms with Gasteiger partial charge in [-0.15, -0.1) is 11.3 Å². The molecule has 1 aliphatic rings. The number of nitrogens with zero attached hydrogens (tertiary/aromatic N) is 1. The second-order valence-corrected chi connectivity index (χ2v) is 11.1. The summed E-state index contributed by atoms with van der Waals surface area (Å²) in [5, 5.41) is 2.86. The van der Waals surface area contributed by atoms with Crippen LogP contribution in [0.5, 0.6) is 0 Å². The Hall–Kier alpha value is -1.22. The van der Waals surface area contributed by atoms with Crippen LogP contribution >= 0.6 is 27.3 Å². The summed E-state index contributed by atoms with van der Waals surface area (Å²) in [7, 11) is -3.42. The molecule has 1 N–H and O–H groups in total. The van der Waals surface area contributed by atoms with Crippen LogP contribution in [-0.2, 0) is 27.8 Å². The van der Waals surface area contributed by atoms with Gasteiger partial charge < -0.3 is 5.32 Å². The molecule has 1 aliphatic heterocycles. The van der Waals surface area contributed by atoms with Gasteiger partial charge in [0.1, 0.15) is 4.21 Å². The summed E-state index contributed by atoms with van der Waals surface area (Å²) in [6.45, 7) is 3.66. The number of amides is 1. The summed E-state index contributed by atoms with van der Waals surface area (Å²) in [5.74, 6) is 0.497. The van der Waals surface area contributed by atoms with Crippen molar-refractivity contribution in [2.75, 3.05) is 13.1 Å². The molecule has 0 radical (unpaired) electrons. The molecule has 1 fully saturated rings. The SMILES string of the molecule is CC1CCN(S(=O)(=O)c2ccc(CNC(=O)Cc3ccc(Br)cc3)s2)CC1. The third-order valence-electron chi connectivity index (χ3n) is 4.71. The van der Waals surface area contributed by atoms with Gasteiger partial charge >= 0.3 is 0 Å². The lowest BCUT2D eigenvalue weighted by Gasteiger charge is -2.28. The van der Waals surface area contributed by atoms with Crippen molar-refractivity contribution in [2.45, 2.75) is 36.9 Å². The molecule has 1 aromatic carbocycles. The van der Waals surface area contributed by atoms with Crippen LogP contribution in [0.25, 0.3) is 0 Å². The normalized spacial score (nSPS) is 16.4. The van der Waals surface area contributed by atoms with Gasteiger partial charge in [0.15, 0.2) is 0 Å². The van der Waals surface area contributed by atoms with Gasteiger partial charge in [-0.3, -0.25) is 4.79 Å². The van der Waals surface area contributed by atoms with E-state index in [4.69, 9.17) is 0 Å². The van der Waals surface area contributed by atoms with E-state index in [9.17, 15) is 13.2 Å². The maximum Gasteiger partial charge on any atom is 0.252 e. The zero-order valence-corrected chi connectivity index (χ0v) is 18.4. The van der Waals surface area contributed by atoms with Crippen molar-refractivity contribution in [2.24, 2.45) is 5.92 Å². The Kier molecular flexibility index (Phi) is 6.73. The van der Waals surface area contributed by atoms with Gasteiger partial charge in [-0.25, -0.2) is 8.42 Å². The molecule has 8 heteroatoms. The van der Waals surface area contributed by atoms with Gasteiger partial charge in [-0.1, -0.05) is 35.0 Å². The van der Waals surface area contributed by atoms with Crippen molar-refractivity contribution in [1.29, 1.82) is 0 Å². The van der Waals surface area contributed by atoms with Crippen LogP contribution in [0.4, 0.5) is 0 Å².